The number of nitrogen functional groups attached to an aromatic ring is 1. The minimum atomic E-state index is -0.0961. The number of aryl methyl sites for hydroxylation is 1. The Morgan fingerprint density at radius 3 is 2.69 bits per heavy atom. The van der Waals surface area contributed by atoms with E-state index in [1.54, 1.807) is 6.07 Å². The van der Waals surface area contributed by atoms with Crippen molar-refractivity contribution in [3.8, 4) is 0 Å². The highest BCUT2D eigenvalue weighted by atomic mass is 16.1. The van der Waals surface area contributed by atoms with Crippen molar-refractivity contribution in [2.24, 2.45) is 0 Å². The summed E-state index contributed by atoms with van der Waals surface area (Å²) in [5.41, 5.74) is 8.07. The number of anilines is 1. The lowest BCUT2D eigenvalue weighted by atomic mass is 10.1. The molecule has 0 fully saturated rings. The molecule has 0 aliphatic carbocycles. The van der Waals surface area contributed by atoms with E-state index in [1.165, 1.54) is 6.07 Å². The van der Waals surface area contributed by atoms with Gasteiger partial charge < -0.3 is 10.7 Å². The average Bonchev–Trinajstić information content (AvgIpc) is 2.12. The summed E-state index contributed by atoms with van der Waals surface area (Å²) in [7, 11) is 0. The Morgan fingerprint density at radius 2 is 1.92 bits per heavy atom. The van der Waals surface area contributed by atoms with E-state index in [9.17, 15) is 4.79 Å². The Hall–Kier alpha value is -1.77. The van der Waals surface area contributed by atoms with Crippen LogP contribution in [-0.4, -0.2) is 4.98 Å². The molecule has 0 amide bonds. The number of H-pyrrole nitrogens is 1. The van der Waals surface area contributed by atoms with Gasteiger partial charge in [0, 0.05) is 11.8 Å². The third-order valence-electron chi connectivity index (χ3n) is 2.20. The van der Waals surface area contributed by atoms with Crippen LogP contribution >= 0.6 is 0 Å². The Labute approximate surface area is 75.2 Å². The minimum Gasteiger partial charge on any atom is -0.398 e. The Balaban J connectivity index is 2.97. The van der Waals surface area contributed by atoms with Crippen LogP contribution in [0.2, 0.25) is 0 Å². The van der Waals surface area contributed by atoms with Crippen molar-refractivity contribution in [3.05, 3.63) is 40.2 Å². The molecule has 0 saturated heterocycles. The van der Waals surface area contributed by atoms with Gasteiger partial charge in [-0.25, -0.2) is 0 Å². The van der Waals surface area contributed by atoms with Gasteiger partial charge in [0.25, 0.3) is 0 Å². The monoisotopic (exact) mass is 174 g/mol. The third-order valence-corrected chi connectivity index (χ3v) is 2.20. The number of aromatic nitrogens is 1. The van der Waals surface area contributed by atoms with Gasteiger partial charge in [-0.2, -0.15) is 0 Å². The standard InChI is InChI=1S/C10H10N2O/c1-6-8(11)4-2-7-3-5-9(13)12-10(6)7/h2-5H,11H2,1H3,(H,12,13). The second-order valence-corrected chi connectivity index (χ2v) is 3.07. The summed E-state index contributed by atoms with van der Waals surface area (Å²) in [5, 5.41) is 1.01. The van der Waals surface area contributed by atoms with Crippen molar-refractivity contribution < 1.29 is 0 Å². The number of benzene rings is 1. The van der Waals surface area contributed by atoms with Gasteiger partial charge in [0.2, 0.25) is 5.56 Å². The SMILES string of the molecule is Cc1c(N)ccc2ccc(=O)[nH]c12. The van der Waals surface area contributed by atoms with Crippen molar-refractivity contribution in [1.82, 2.24) is 4.98 Å². The maximum absolute atomic E-state index is 11.1. The highest BCUT2D eigenvalue weighted by Gasteiger charge is 2.00. The first-order valence-electron chi connectivity index (χ1n) is 4.06. The van der Waals surface area contributed by atoms with E-state index in [2.05, 4.69) is 4.98 Å². The quantitative estimate of drug-likeness (QED) is 0.593. The molecule has 0 radical (unpaired) electrons. The summed E-state index contributed by atoms with van der Waals surface area (Å²) in [5.74, 6) is 0. The molecule has 1 aromatic carbocycles. The van der Waals surface area contributed by atoms with Crippen molar-refractivity contribution in [1.29, 1.82) is 0 Å². The fraction of sp³-hybridized carbons (Fsp3) is 0.100. The second kappa shape index (κ2) is 2.62. The summed E-state index contributed by atoms with van der Waals surface area (Å²) < 4.78 is 0. The lowest BCUT2D eigenvalue weighted by Gasteiger charge is -2.03. The van der Waals surface area contributed by atoms with Gasteiger partial charge >= 0.3 is 0 Å². The first kappa shape index (κ1) is 7.86. The first-order chi connectivity index (χ1) is 6.18. The molecule has 2 aromatic rings. The van der Waals surface area contributed by atoms with E-state index in [1.807, 2.05) is 19.1 Å². The maximum atomic E-state index is 11.1. The van der Waals surface area contributed by atoms with Crippen molar-refractivity contribution in [2.75, 3.05) is 5.73 Å². The van der Waals surface area contributed by atoms with Crippen LogP contribution in [-0.2, 0) is 0 Å². The zero-order chi connectivity index (χ0) is 9.42. The van der Waals surface area contributed by atoms with Crippen molar-refractivity contribution in [2.45, 2.75) is 6.92 Å². The molecule has 0 saturated carbocycles. The molecule has 3 N–H and O–H groups in total. The maximum Gasteiger partial charge on any atom is 0.248 e. The van der Waals surface area contributed by atoms with Gasteiger partial charge in [-0.1, -0.05) is 6.07 Å². The van der Waals surface area contributed by atoms with Gasteiger partial charge in [0.15, 0.2) is 0 Å². The average molecular weight is 174 g/mol. The molecular formula is C10H10N2O. The molecule has 0 aliphatic heterocycles. The van der Waals surface area contributed by atoms with Gasteiger partial charge in [0.1, 0.15) is 0 Å². The number of fused-ring (bicyclic) bond motifs is 1. The number of hydrogen-bond acceptors (Lipinski definition) is 2. The molecule has 0 atom stereocenters. The molecule has 3 nitrogen and oxygen atoms in total. The van der Waals surface area contributed by atoms with Gasteiger partial charge in [-0.15, -0.1) is 0 Å². The molecule has 0 aliphatic rings. The third kappa shape index (κ3) is 1.18. The summed E-state index contributed by atoms with van der Waals surface area (Å²) in [6.07, 6.45) is 0. The van der Waals surface area contributed by atoms with Crippen LogP contribution in [0.3, 0.4) is 0 Å². The number of aromatic amines is 1. The van der Waals surface area contributed by atoms with Crippen LogP contribution in [0.15, 0.2) is 29.1 Å². The van der Waals surface area contributed by atoms with Crippen LogP contribution in [0.1, 0.15) is 5.56 Å². The number of nitrogens with two attached hydrogens (primary N) is 1. The fourth-order valence-electron chi connectivity index (χ4n) is 1.38. The van der Waals surface area contributed by atoms with E-state index in [0.29, 0.717) is 5.69 Å². The van der Waals surface area contributed by atoms with E-state index < -0.39 is 0 Å². The highest BCUT2D eigenvalue weighted by molar-refractivity contribution is 5.85. The first-order valence-corrected chi connectivity index (χ1v) is 4.06. The summed E-state index contributed by atoms with van der Waals surface area (Å²) >= 11 is 0. The lowest BCUT2D eigenvalue weighted by Crippen LogP contribution is -2.04. The predicted octanol–water partition coefficient (Wildman–Crippen LogP) is 1.42. The molecule has 2 rings (SSSR count). The second-order valence-electron chi connectivity index (χ2n) is 3.07. The van der Waals surface area contributed by atoms with Crippen molar-refractivity contribution in [3.63, 3.8) is 0 Å². The van der Waals surface area contributed by atoms with E-state index in [-0.39, 0.29) is 5.56 Å². The Bertz CT molecular complexity index is 514. The number of pyridine rings is 1. The molecule has 13 heavy (non-hydrogen) atoms. The Morgan fingerprint density at radius 1 is 1.23 bits per heavy atom. The summed E-state index contributed by atoms with van der Waals surface area (Å²) in [6, 6.07) is 7.04. The molecular weight excluding hydrogens is 164 g/mol. The lowest BCUT2D eigenvalue weighted by molar-refractivity contribution is 1.29. The zero-order valence-corrected chi connectivity index (χ0v) is 7.29. The topological polar surface area (TPSA) is 58.9 Å². The predicted molar refractivity (Wildman–Crippen MR) is 53.7 cm³/mol. The molecule has 0 unspecified atom stereocenters. The van der Waals surface area contributed by atoms with Crippen LogP contribution in [0.5, 0.6) is 0 Å². The van der Waals surface area contributed by atoms with Crippen LogP contribution in [0.25, 0.3) is 10.9 Å². The molecule has 0 bridgehead atoms. The molecule has 66 valence electrons. The molecule has 0 spiro atoms. The number of nitrogens with one attached hydrogen (secondary N) is 1. The summed E-state index contributed by atoms with van der Waals surface area (Å²) in [6.45, 7) is 1.90. The van der Waals surface area contributed by atoms with E-state index in [0.717, 1.165) is 16.5 Å². The van der Waals surface area contributed by atoms with Crippen LogP contribution in [0, 0.1) is 6.92 Å². The van der Waals surface area contributed by atoms with Crippen LogP contribution < -0.4 is 11.3 Å². The van der Waals surface area contributed by atoms with Gasteiger partial charge in [0.05, 0.1) is 5.52 Å². The summed E-state index contributed by atoms with van der Waals surface area (Å²) in [4.78, 5) is 13.8. The molecule has 3 heteroatoms. The van der Waals surface area contributed by atoms with E-state index >= 15 is 0 Å². The molecule has 1 aromatic heterocycles. The minimum absolute atomic E-state index is 0.0961. The largest absolute Gasteiger partial charge is 0.398 e. The number of hydrogen-bond donors (Lipinski definition) is 2. The van der Waals surface area contributed by atoms with Gasteiger partial charge in [-0.05, 0) is 30.0 Å². The van der Waals surface area contributed by atoms with Crippen molar-refractivity contribution >= 4 is 16.6 Å². The normalized spacial score (nSPS) is 10.5. The van der Waals surface area contributed by atoms with Gasteiger partial charge in [-0.3, -0.25) is 4.79 Å². The number of rotatable bonds is 0. The van der Waals surface area contributed by atoms with Crippen LogP contribution in [0.4, 0.5) is 5.69 Å². The van der Waals surface area contributed by atoms with E-state index in [4.69, 9.17) is 5.73 Å². The fourth-order valence-corrected chi connectivity index (χ4v) is 1.38. The highest BCUT2D eigenvalue weighted by Crippen LogP contribution is 2.19. The zero-order valence-electron chi connectivity index (χ0n) is 7.29. The Kier molecular flexibility index (Phi) is 1.59. The smallest absolute Gasteiger partial charge is 0.248 e. The molecule has 1 heterocycles.